The molecule has 3 nitrogen and oxygen atoms in total. The number of rotatable bonds is 2. The van der Waals surface area contributed by atoms with Gasteiger partial charge in [0.25, 0.3) is 0 Å². The average molecular weight is 186 g/mol. The monoisotopic (exact) mass is 186 g/mol. The van der Waals surface area contributed by atoms with Crippen LogP contribution < -0.4 is 0 Å². The average Bonchev–Trinajstić information content (AvgIpc) is 2.48. The maximum Gasteiger partial charge on any atom is 0.340 e. The van der Waals surface area contributed by atoms with Crippen LogP contribution in [0.25, 0.3) is 0 Å². The van der Waals surface area contributed by atoms with Crippen LogP contribution in [0.3, 0.4) is 0 Å². The molecule has 1 aromatic heterocycles. The first kappa shape index (κ1) is 9.22. The first-order valence-electron chi connectivity index (χ1n) is 3.46. The van der Waals surface area contributed by atoms with Crippen LogP contribution in [0.4, 0.5) is 0 Å². The van der Waals surface area contributed by atoms with Crippen LogP contribution in [0.5, 0.6) is 0 Å². The molecule has 0 radical (unpaired) electrons. The van der Waals surface area contributed by atoms with Crippen molar-refractivity contribution in [3.8, 4) is 0 Å². The lowest BCUT2D eigenvalue weighted by atomic mass is 10.2. The number of thiophene rings is 1. The second-order valence-corrected chi connectivity index (χ2v) is 3.34. The molecule has 4 heteroatoms. The van der Waals surface area contributed by atoms with Crippen LogP contribution in [0, 0.1) is 6.92 Å². The minimum absolute atomic E-state index is 0.611. The van der Waals surface area contributed by atoms with Crippen molar-refractivity contribution in [1.82, 2.24) is 0 Å². The predicted octanol–water partition coefficient (Wildman–Crippen LogP) is 1.26. The molecule has 66 valence electrons. The summed E-state index contributed by atoms with van der Waals surface area (Å²) in [4.78, 5) is 11.6. The Balaban J connectivity index is 2.84. The van der Waals surface area contributed by atoms with E-state index in [2.05, 4.69) is 4.74 Å². The van der Waals surface area contributed by atoms with Crippen LogP contribution in [0.2, 0.25) is 0 Å². The Morgan fingerprint density at radius 3 is 2.83 bits per heavy atom. The molecule has 0 bridgehead atoms. The first-order chi connectivity index (χ1) is 5.66. The number of aryl methyl sites for hydroxylation is 1. The fourth-order valence-electron chi connectivity index (χ4n) is 0.883. The molecule has 1 aromatic rings. The number of esters is 1. The summed E-state index contributed by atoms with van der Waals surface area (Å²) >= 11 is 1.35. The zero-order valence-electron chi connectivity index (χ0n) is 6.90. The molecule has 1 unspecified atom stereocenters. The van der Waals surface area contributed by atoms with Gasteiger partial charge in [-0.3, -0.25) is 0 Å². The number of methoxy groups -OCH3 is 1. The topological polar surface area (TPSA) is 46.5 Å². The molecular weight excluding hydrogens is 176 g/mol. The highest BCUT2D eigenvalue weighted by Gasteiger charge is 2.20. The summed E-state index contributed by atoms with van der Waals surface area (Å²) in [6, 6.07) is 1.85. The van der Waals surface area contributed by atoms with E-state index in [0.717, 1.165) is 5.56 Å². The third-order valence-corrected chi connectivity index (χ3v) is 2.65. The second kappa shape index (κ2) is 3.69. The lowest BCUT2D eigenvalue weighted by Gasteiger charge is -2.06. The summed E-state index contributed by atoms with van der Waals surface area (Å²) in [5.74, 6) is -0.611. The van der Waals surface area contributed by atoms with Crippen molar-refractivity contribution in [2.24, 2.45) is 0 Å². The van der Waals surface area contributed by atoms with Gasteiger partial charge in [0.05, 0.1) is 7.11 Å². The molecule has 0 aliphatic carbocycles. The Morgan fingerprint density at radius 1 is 1.75 bits per heavy atom. The zero-order chi connectivity index (χ0) is 9.14. The van der Waals surface area contributed by atoms with Crippen molar-refractivity contribution < 1.29 is 14.6 Å². The van der Waals surface area contributed by atoms with Crippen LogP contribution >= 0.6 is 11.3 Å². The van der Waals surface area contributed by atoms with E-state index in [0.29, 0.717) is 4.88 Å². The Labute approximate surface area is 74.6 Å². The van der Waals surface area contributed by atoms with E-state index in [1.807, 2.05) is 18.4 Å². The van der Waals surface area contributed by atoms with E-state index in [4.69, 9.17) is 0 Å². The van der Waals surface area contributed by atoms with Gasteiger partial charge in [-0.05, 0) is 23.9 Å². The SMILES string of the molecule is COC(=O)C(O)c1sccc1C. The fraction of sp³-hybridized carbons (Fsp3) is 0.375. The van der Waals surface area contributed by atoms with Crippen molar-refractivity contribution in [2.75, 3.05) is 7.11 Å². The Bertz CT molecular complexity index is 280. The summed E-state index contributed by atoms with van der Waals surface area (Å²) in [6.45, 7) is 1.85. The van der Waals surface area contributed by atoms with Gasteiger partial charge in [-0.25, -0.2) is 4.79 Å². The van der Waals surface area contributed by atoms with Crippen LogP contribution in [0.1, 0.15) is 16.5 Å². The molecular formula is C8H10O3S. The number of ether oxygens (including phenoxy) is 1. The largest absolute Gasteiger partial charge is 0.467 e. The number of aliphatic hydroxyl groups is 1. The number of carbonyl (C=O) groups is 1. The van der Waals surface area contributed by atoms with Crippen LogP contribution in [-0.2, 0) is 9.53 Å². The van der Waals surface area contributed by atoms with E-state index >= 15 is 0 Å². The number of carbonyl (C=O) groups excluding carboxylic acids is 1. The Morgan fingerprint density at radius 2 is 2.42 bits per heavy atom. The van der Waals surface area contributed by atoms with Gasteiger partial charge < -0.3 is 9.84 Å². The summed E-state index contributed by atoms with van der Waals surface area (Å²) in [5.41, 5.74) is 0.915. The second-order valence-electron chi connectivity index (χ2n) is 2.39. The fourth-order valence-corrected chi connectivity index (χ4v) is 1.78. The minimum atomic E-state index is -1.13. The number of hydrogen-bond acceptors (Lipinski definition) is 4. The highest BCUT2D eigenvalue weighted by molar-refractivity contribution is 7.10. The van der Waals surface area contributed by atoms with Crippen molar-refractivity contribution in [2.45, 2.75) is 13.0 Å². The molecule has 0 fully saturated rings. The quantitative estimate of drug-likeness (QED) is 0.707. The van der Waals surface area contributed by atoms with E-state index in [-0.39, 0.29) is 0 Å². The van der Waals surface area contributed by atoms with E-state index in [1.54, 1.807) is 0 Å². The van der Waals surface area contributed by atoms with Gasteiger partial charge in [-0.2, -0.15) is 0 Å². The normalized spacial score (nSPS) is 12.6. The first-order valence-corrected chi connectivity index (χ1v) is 4.34. The third-order valence-electron chi connectivity index (χ3n) is 1.57. The highest BCUT2D eigenvalue weighted by Crippen LogP contribution is 2.24. The van der Waals surface area contributed by atoms with Crippen LogP contribution in [0.15, 0.2) is 11.4 Å². The lowest BCUT2D eigenvalue weighted by Crippen LogP contribution is -2.12. The lowest BCUT2D eigenvalue weighted by molar-refractivity contribution is -0.150. The molecule has 1 atom stereocenters. The molecule has 0 spiro atoms. The molecule has 0 saturated carbocycles. The molecule has 0 aliphatic heterocycles. The van der Waals surface area contributed by atoms with Gasteiger partial charge >= 0.3 is 5.97 Å². The highest BCUT2D eigenvalue weighted by atomic mass is 32.1. The predicted molar refractivity (Wildman–Crippen MR) is 46.0 cm³/mol. The van der Waals surface area contributed by atoms with E-state index in [1.165, 1.54) is 18.4 Å². The summed E-state index contributed by atoms with van der Waals surface area (Å²) in [7, 11) is 1.26. The van der Waals surface area contributed by atoms with Gasteiger partial charge in [0.15, 0.2) is 6.10 Å². The van der Waals surface area contributed by atoms with E-state index < -0.39 is 12.1 Å². The number of hydrogen-bond donors (Lipinski definition) is 1. The molecule has 0 amide bonds. The van der Waals surface area contributed by atoms with Crippen molar-refractivity contribution >= 4 is 17.3 Å². The minimum Gasteiger partial charge on any atom is -0.467 e. The van der Waals surface area contributed by atoms with Crippen molar-refractivity contribution in [3.63, 3.8) is 0 Å². The molecule has 1 N–H and O–H groups in total. The molecule has 0 aliphatic rings. The smallest absolute Gasteiger partial charge is 0.340 e. The van der Waals surface area contributed by atoms with Gasteiger partial charge in [0, 0.05) is 4.88 Å². The molecule has 0 aromatic carbocycles. The van der Waals surface area contributed by atoms with Gasteiger partial charge in [-0.15, -0.1) is 11.3 Å². The standard InChI is InChI=1S/C8H10O3S/c1-5-3-4-12-7(5)6(9)8(10)11-2/h3-4,6,9H,1-2H3. The maximum absolute atomic E-state index is 10.9. The summed E-state index contributed by atoms with van der Waals surface area (Å²) in [6.07, 6.45) is -1.13. The van der Waals surface area contributed by atoms with Crippen molar-refractivity contribution in [1.29, 1.82) is 0 Å². The van der Waals surface area contributed by atoms with Crippen LogP contribution in [-0.4, -0.2) is 18.2 Å². The molecule has 12 heavy (non-hydrogen) atoms. The van der Waals surface area contributed by atoms with Crippen molar-refractivity contribution in [3.05, 3.63) is 21.9 Å². The van der Waals surface area contributed by atoms with Gasteiger partial charge in [0.2, 0.25) is 0 Å². The maximum atomic E-state index is 10.9. The summed E-state index contributed by atoms with van der Waals surface area (Å²) in [5, 5.41) is 11.2. The van der Waals surface area contributed by atoms with Gasteiger partial charge in [-0.1, -0.05) is 0 Å². The Kier molecular flexibility index (Phi) is 2.83. The van der Waals surface area contributed by atoms with E-state index in [9.17, 15) is 9.90 Å². The Hall–Kier alpha value is -0.870. The zero-order valence-corrected chi connectivity index (χ0v) is 7.72. The van der Waals surface area contributed by atoms with Gasteiger partial charge in [0.1, 0.15) is 0 Å². The third kappa shape index (κ3) is 1.65. The molecule has 1 rings (SSSR count). The molecule has 0 saturated heterocycles. The molecule has 1 heterocycles. The summed E-state index contributed by atoms with van der Waals surface area (Å²) < 4.78 is 4.41. The number of aliphatic hydroxyl groups excluding tert-OH is 1.